The fourth-order valence-corrected chi connectivity index (χ4v) is 4.47. The lowest BCUT2D eigenvalue weighted by atomic mass is 9.77. The molecule has 2 unspecified atom stereocenters. The lowest BCUT2D eigenvalue weighted by Gasteiger charge is -2.31. The molecule has 2 aliphatic carbocycles. The average Bonchev–Trinajstić information content (AvgIpc) is 2.27. The molecular formula is C14H24Si. The Hall–Kier alpha value is -0.303. The Balaban J connectivity index is 2.28. The van der Waals surface area contributed by atoms with Gasteiger partial charge in [0.25, 0.3) is 0 Å². The molecule has 2 atom stereocenters. The Bertz CT molecular complexity index is 280. The second-order valence-electron chi connectivity index (χ2n) is 6.25. The van der Waals surface area contributed by atoms with Crippen LogP contribution in [0.25, 0.3) is 0 Å². The molecule has 0 N–H and O–H groups in total. The maximum Gasteiger partial charge on any atom is 0.0686 e. The summed E-state index contributed by atoms with van der Waals surface area (Å²) in [5.41, 5.74) is 4.51. The van der Waals surface area contributed by atoms with Gasteiger partial charge in [-0.05, 0) is 37.5 Å². The number of hydrogen-bond acceptors (Lipinski definition) is 0. The third kappa shape index (κ3) is 2.84. The molecule has 2 rings (SSSR count). The van der Waals surface area contributed by atoms with Crippen molar-refractivity contribution in [1.82, 2.24) is 0 Å². The van der Waals surface area contributed by atoms with Crippen molar-refractivity contribution in [3.63, 3.8) is 0 Å². The minimum Gasteiger partial charge on any atom is -0.0949 e. The van der Waals surface area contributed by atoms with E-state index in [-0.39, 0.29) is 0 Å². The van der Waals surface area contributed by atoms with Gasteiger partial charge in [0.2, 0.25) is 0 Å². The van der Waals surface area contributed by atoms with E-state index in [2.05, 4.69) is 37.5 Å². The molecule has 0 nitrogen and oxygen atoms in total. The van der Waals surface area contributed by atoms with Gasteiger partial charge in [0.05, 0.1) is 8.07 Å². The summed E-state index contributed by atoms with van der Waals surface area (Å²) < 4.78 is 0. The molecule has 2 aliphatic rings. The normalized spacial score (nSPS) is 34.2. The molecule has 0 heterocycles. The Kier molecular flexibility index (Phi) is 3.20. The molecule has 0 aromatic carbocycles. The Morgan fingerprint density at radius 1 is 1.20 bits per heavy atom. The lowest BCUT2D eigenvalue weighted by molar-refractivity contribution is 0.399. The summed E-state index contributed by atoms with van der Waals surface area (Å²) in [6.45, 7) is 7.39. The predicted molar refractivity (Wildman–Crippen MR) is 70.6 cm³/mol. The van der Waals surface area contributed by atoms with Crippen LogP contribution in [0.4, 0.5) is 0 Å². The minimum atomic E-state index is -1.03. The van der Waals surface area contributed by atoms with Crippen LogP contribution in [0.2, 0.25) is 19.6 Å². The number of rotatable bonds is 1. The van der Waals surface area contributed by atoms with E-state index in [4.69, 9.17) is 0 Å². The first-order chi connectivity index (χ1) is 7.06. The minimum absolute atomic E-state index is 0.804. The first kappa shape index (κ1) is 11.2. The van der Waals surface area contributed by atoms with E-state index in [0.717, 1.165) is 11.8 Å². The largest absolute Gasteiger partial charge is 0.0949 e. The van der Waals surface area contributed by atoms with Crippen molar-refractivity contribution in [2.45, 2.75) is 51.7 Å². The van der Waals surface area contributed by atoms with Crippen LogP contribution < -0.4 is 0 Å². The summed E-state index contributed by atoms with van der Waals surface area (Å²) >= 11 is 0. The van der Waals surface area contributed by atoms with Crippen LogP contribution >= 0.6 is 0 Å². The topological polar surface area (TPSA) is 0 Å². The van der Waals surface area contributed by atoms with Crippen molar-refractivity contribution < 1.29 is 0 Å². The van der Waals surface area contributed by atoms with E-state index in [1.54, 1.807) is 0 Å². The molecule has 0 radical (unpaired) electrons. The quantitative estimate of drug-likeness (QED) is 0.449. The highest BCUT2D eigenvalue weighted by Gasteiger charge is 2.28. The van der Waals surface area contributed by atoms with Crippen LogP contribution in [0.3, 0.4) is 0 Å². The van der Waals surface area contributed by atoms with Gasteiger partial charge in [-0.2, -0.15) is 0 Å². The van der Waals surface area contributed by atoms with Gasteiger partial charge >= 0.3 is 0 Å². The van der Waals surface area contributed by atoms with Crippen molar-refractivity contribution in [2.75, 3.05) is 0 Å². The monoisotopic (exact) mass is 220 g/mol. The van der Waals surface area contributed by atoms with Crippen LogP contribution in [0, 0.1) is 11.8 Å². The van der Waals surface area contributed by atoms with Crippen LogP contribution in [0.1, 0.15) is 32.1 Å². The van der Waals surface area contributed by atoms with Gasteiger partial charge in [0, 0.05) is 0 Å². The Labute approximate surface area is 95.5 Å². The zero-order valence-electron chi connectivity index (χ0n) is 10.4. The van der Waals surface area contributed by atoms with Crippen molar-refractivity contribution >= 4 is 8.07 Å². The molecule has 1 fully saturated rings. The van der Waals surface area contributed by atoms with Crippen LogP contribution in [-0.4, -0.2) is 8.07 Å². The third-order valence-corrected chi connectivity index (χ3v) is 4.82. The predicted octanol–water partition coefficient (Wildman–Crippen LogP) is 4.56. The van der Waals surface area contributed by atoms with Gasteiger partial charge in [-0.3, -0.25) is 0 Å². The van der Waals surface area contributed by atoms with Crippen molar-refractivity contribution in [3.05, 3.63) is 23.4 Å². The Morgan fingerprint density at radius 3 is 2.73 bits per heavy atom. The molecule has 2 bridgehead atoms. The molecule has 0 amide bonds. The fraction of sp³-hybridized carbons (Fsp3) is 0.714. The molecule has 0 aromatic heterocycles. The van der Waals surface area contributed by atoms with Crippen molar-refractivity contribution in [1.29, 1.82) is 0 Å². The van der Waals surface area contributed by atoms with Gasteiger partial charge in [0.1, 0.15) is 0 Å². The van der Waals surface area contributed by atoms with E-state index >= 15 is 0 Å². The molecule has 0 saturated heterocycles. The molecular weight excluding hydrogens is 196 g/mol. The summed E-state index contributed by atoms with van der Waals surface area (Å²) in [6.07, 6.45) is 11.9. The zero-order valence-corrected chi connectivity index (χ0v) is 11.4. The SMILES string of the molecule is C[Si](C)(C)C=C1C2C=CCCC1CCC2. The zero-order chi connectivity index (χ0) is 10.9. The first-order valence-corrected chi connectivity index (χ1v) is 10.0. The highest BCUT2D eigenvalue weighted by Crippen LogP contribution is 2.40. The Morgan fingerprint density at radius 2 is 2.00 bits per heavy atom. The molecule has 1 saturated carbocycles. The second-order valence-corrected chi connectivity index (χ2v) is 11.3. The summed E-state index contributed by atoms with van der Waals surface area (Å²) in [7, 11) is -1.03. The number of allylic oxidation sites excluding steroid dienone is 3. The molecule has 0 aliphatic heterocycles. The molecule has 0 spiro atoms. The van der Waals surface area contributed by atoms with E-state index in [1.807, 2.05) is 5.57 Å². The highest BCUT2D eigenvalue weighted by molar-refractivity contribution is 6.81. The van der Waals surface area contributed by atoms with E-state index in [1.165, 1.54) is 32.1 Å². The van der Waals surface area contributed by atoms with Gasteiger partial charge in [0.15, 0.2) is 0 Å². The fourth-order valence-electron chi connectivity index (χ4n) is 3.02. The van der Waals surface area contributed by atoms with E-state index in [0.29, 0.717) is 0 Å². The number of fused-ring (bicyclic) bond motifs is 2. The smallest absolute Gasteiger partial charge is 0.0686 e. The van der Waals surface area contributed by atoms with Crippen LogP contribution in [0.15, 0.2) is 23.4 Å². The van der Waals surface area contributed by atoms with Crippen molar-refractivity contribution in [2.24, 2.45) is 11.8 Å². The molecule has 84 valence electrons. The third-order valence-electron chi connectivity index (χ3n) is 3.62. The lowest BCUT2D eigenvalue weighted by Crippen LogP contribution is -2.24. The van der Waals surface area contributed by atoms with E-state index in [9.17, 15) is 0 Å². The average molecular weight is 220 g/mol. The van der Waals surface area contributed by atoms with Crippen molar-refractivity contribution in [3.8, 4) is 0 Å². The second kappa shape index (κ2) is 4.29. The van der Waals surface area contributed by atoms with Gasteiger partial charge in [-0.15, -0.1) is 0 Å². The van der Waals surface area contributed by atoms with Crippen LogP contribution in [-0.2, 0) is 0 Å². The van der Waals surface area contributed by atoms with Gasteiger partial charge < -0.3 is 0 Å². The molecule has 0 aromatic rings. The summed E-state index contributed by atoms with van der Waals surface area (Å²) in [5, 5.41) is 0. The summed E-state index contributed by atoms with van der Waals surface area (Å²) in [6, 6.07) is 0. The maximum absolute atomic E-state index is 2.69. The standard InChI is InChI=1S/C14H24Si/c1-15(2,3)11-14-12-7-4-5-8-13(14)10-6-9-12/h4,7,11-13H,5-6,8-10H2,1-3H3. The molecule has 15 heavy (non-hydrogen) atoms. The highest BCUT2D eigenvalue weighted by atomic mass is 28.3. The van der Waals surface area contributed by atoms with Crippen LogP contribution in [0.5, 0.6) is 0 Å². The summed E-state index contributed by atoms with van der Waals surface area (Å²) in [5.74, 6) is 1.73. The van der Waals surface area contributed by atoms with Gasteiger partial charge in [-0.1, -0.05) is 49.5 Å². The summed E-state index contributed by atoms with van der Waals surface area (Å²) in [4.78, 5) is 0. The van der Waals surface area contributed by atoms with E-state index < -0.39 is 8.07 Å². The van der Waals surface area contributed by atoms with Gasteiger partial charge in [-0.25, -0.2) is 0 Å². The first-order valence-electron chi connectivity index (χ1n) is 6.45. The molecule has 1 heteroatoms. The number of hydrogen-bond donors (Lipinski definition) is 0. The maximum atomic E-state index is 2.69.